The molecule has 13 atom stereocenters. The molecule has 52 heavy (non-hydrogen) atoms. The minimum Gasteiger partial charge on any atom is -0.458 e. The highest BCUT2D eigenvalue weighted by Gasteiger charge is 2.60. The number of aromatic nitrogens is 3. The van der Waals surface area contributed by atoms with Crippen molar-refractivity contribution in [3.05, 3.63) is 23.5 Å². The number of methoxy groups -OCH3 is 1. The number of carbonyl (C=O) groups excluding carboxylic acids is 3. The minimum absolute atomic E-state index is 0.0627. The number of amides is 1. The average Bonchev–Trinajstić information content (AvgIpc) is 3.57. The molecule has 3 saturated heterocycles. The van der Waals surface area contributed by atoms with Crippen LogP contribution in [0.25, 0.3) is 0 Å². The normalized spacial score (nSPS) is 40.5. The van der Waals surface area contributed by atoms with Gasteiger partial charge in [0.1, 0.15) is 18.1 Å². The van der Waals surface area contributed by atoms with E-state index in [1.807, 2.05) is 48.9 Å². The molecular formula is C37H60BN5O9. The average molecular weight is 730 g/mol. The summed E-state index contributed by atoms with van der Waals surface area (Å²) in [6.45, 7) is 16.2. The van der Waals surface area contributed by atoms with E-state index in [0.717, 1.165) is 11.3 Å². The summed E-state index contributed by atoms with van der Waals surface area (Å²) in [7, 11) is 5.39. The molecule has 0 radical (unpaired) electrons. The molecule has 1 N–H and O–H groups in total. The Bertz CT molecular complexity index is 1490. The second-order valence-corrected chi connectivity index (χ2v) is 16.1. The van der Waals surface area contributed by atoms with Gasteiger partial charge in [0, 0.05) is 50.7 Å². The predicted molar refractivity (Wildman–Crippen MR) is 194 cm³/mol. The number of aliphatic hydroxyl groups excluding tert-OH is 1. The molecule has 4 aliphatic rings. The zero-order valence-corrected chi connectivity index (χ0v) is 32.9. The highest BCUT2D eigenvalue weighted by atomic mass is 16.7. The summed E-state index contributed by atoms with van der Waals surface area (Å²) in [6, 6.07) is -0.689. The number of likely N-dealkylation sites (N-methyl/N-ethyl adjacent to an activating group) is 1. The highest BCUT2D eigenvalue weighted by Crippen LogP contribution is 2.46. The molecule has 0 spiro atoms. The van der Waals surface area contributed by atoms with Gasteiger partial charge in [-0.1, -0.05) is 44.6 Å². The lowest BCUT2D eigenvalue weighted by atomic mass is 9.72. The Hall–Kier alpha value is -2.85. The van der Waals surface area contributed by atoms with Crippen LogP contribution in [0.3, 0.4) is 0 Å². The van der Waals surface area contributed by atoms with E-state index < -0.39 is 65.7 Å². The number of hydrogen-bond donors (Lipinski definition) is 1. The molecule has 1 aromatic heterocycles. The maximum absolute atomic E-state index is 14.3. The molecule has 1 amide bonds. The van der Waals surface area contributed by atoms with E-state index in [4.69, 9.17) is 23.7 Å². The van der Waals surface area contributed by atoms with Gasteiger partial charge in [-0.05, 0) is 66.3 Å². The molecule has 2 bridgehead atoms. The summed E-state index contributed by atoms with van der Waals surface area (Å²) in [5, 5.41) is 20.1. The molecule has 0 aromatic carbocycles. The first kappa shape index (κ1) is 40.3. The van der Waals surface area contributed by atoms with Crippen LogP contribution in [-0.4, -0.2) is 137 Å². The van der Waals surface area contributed by atoms with Crippen LogP contribution in [0.4, 0.5) is 4.79 Å². The molecule has 0 aliphatic carbocycles. The quantitative estimate of drug-likeness (QED) is 0.181. The van der Waals surface area contributed by atoms with Crippen LogP contribution < -0.4 is 0 Å². The number of ether oxygens (including phenoxy) is 5. The second kappa shape index (κ2) is 15.9. The standard InChI is InChI=1S/C37H60BN5O9/c1-11-28-37(8)31-22(4)26(13-12-15-42(31)35(47)52-37)20(2)18-36(7,48-10)32(23(5)29(44)24(6)33(46)50-28)51-34-30(45)27(17-21(3)49-34)41(9)16-14-25-19-43(38)40-39-25/h13,19-24,27-28,30-32,34,45H,11-12,14-18,38H2,1-10H3/t20-,21-,22+,23+,24-,27+,28-,30-,31+,32-,34+,36-,37-/m1/s1. The van der Waals surface area contributed by atoms with Crippen LogP contribution in [0.5, 0.6) is 0 Å². The summed E-state index contributed by atoms with van der Waals surface area (Å²) in [5.74, 6) is -3.27. The highest BCUT2D eigenvalue weighted by molar-refractivity contribution is 6.05. The van der Waals surface area contributed by atoms with Crippen LogP contribution in [0.1, 0.15) is 86.8 Å². The lowest BCUT2D eigenvalue weighted by Gasteiger charge is -2.47. The van der Waals surface area contributed by atoms with Gasteiger partial charge in [0.05, 0.1) is 29.5 Å². The number of carbonyl (C=O) groups is 3. The minimum atomic E-state index is -1.15. The monoisotopic (exact) mass is 729 g/mol. The van der Waals surface area contributed by atoms with Crippen molar-refractivity contribution in [3.63, 3.8) is 0 Å². The SMILES string of the molecule is Bn1cc(CCN(C)[C@H]2C[C@@H](C)O[C@@H](O[C@@H]3[C@@H](C)C(=O)[C@@H](C)C(=O)O[C@H](CC)[C@@]4(C)OC(=O)N5CCC=C([C@H](C)C[C@@]3(C)OC)[C@H](C)[C@H]54)[C@@H]2O)nn1. The van der Waals surface area contributed by atoms with Crippen molar-refractivity contribution in [3.8, 4) is 0 Å². The van der Waals surface area contributed by atoms with E-state index in [1.165, 1.54) is 0 Å². The summed E-state index contributed by atoms with van der Waals surface area (Å²) < 4.78 is 33.3. The van der Waals surface area contributed by atoms with Gasteiger partial charge < -0.3 is 43.2 Å². The first-order chi connectivity index (χ1) is 24.4. The van der Waals surface area contributed by atoms with Crippen LogP contribution >= 0.6 is 0 Å². The first-order valence-electron chi connectivity index (χ1n) is 19.0. The van der Waals surface area contributed by atoms with Crippen molar-refractivity contribution >= 4 is 25.8 Å². The van der Waals surface area contributed by atoms with Gasteiger partial charge in [-0.15, -0.1) is 5.10 Å². The lowest BCUT2D eigenvalue weighted by molar-refractivity contribution is -0.296. The van der Waals surface area contributed by atoms with Gasteiger partial charge >= 0.3 is 12.1 Å². The van der Waals surface area contributed by atoms with Crippen molar-refractivity contribution in [2.24, 2.45) is 23.7 Å². The molecule has 1 aromatic rings. The van der Waals surface area contributed by atoms with Crippen LogP contribution in [0.15, 0.2) is 17.8 Å². The molecular weight excluding hydrogens is 669 g/mol. The number of aliphatic hydroxyl groups is 1. The third-order valence-electron chi connectivity index (χ3n) is 12.3. The van der Waals surface area contributed by atoms with Gasteiger partial charge in [0.2, 0.25) is 0 Å². The number of fused-ring (bicyclic) bond motifs is 1. The Balaban J connectivity index is 1.49. The summed E-state index contributed by atoms with van der Waals surface area (Å²) in [6.07, 6.45) is 2.34. The largest absolute Gasteiger partial charge is 0.458 e. The van der Waals surface area contributed by atoms with Crippen molar-refractivity contribution in [1.29, 1.82) is 0 Å². The van der Waals surface area contributed by atoms with Gasteiger partial charge in [-0.25, -0.2) is 4.79 Å². The van der Waals surface area contributed by atoms with Crippen molar-refractivity contribution in [2.75, 3.05) is 27.2 Å². The number of hydrogen-bond acceptors (Lipinski definition) is 12. The van der Waals surface area contributed by atoms with Crippen LogP contribution in [0.2, 0.25) is 0 Å². The van der Waals surface area contributed by atoms with E-state index >= 15 is 0 Å². The number of esters is 1. The van der Waals surface area contributed by atoms with E-state index in [-0.39, 0.29) is 29.8 Å². The zero-order valence-electron chi connectivity index (χ0n) is 32.9. The zero-order chi connectivity index (χ0) is 38.3. The topological polar surface area (TPSA) is 155 Å². The molecule has 3 fully saturated rings. The molecule has 0 unspecified atom stereocenters. The fourth-order valence-electron chi connectivity index (χ4n) is 9.40. The van der Waals surface area contributed by atoms with E-state index in [0.29, 0.717) is 45.2 Å². The first-order valence-corrected chi connectivity index (χ1v) is 19.0. The van der Waals surface area contributed by atoms with Gasteiger partial charge in [0.15, 0.2) is 17.7 Å². The Morgan fingerprint density at radius 2 is 1.85 bits per heavy atom. The van der Waals surface area contributed by atoms with Gasteiger partial charge in [0.25, 0.3) is 7.98 Å². The Morgan fingerprint density at radius 3 is 2.48 bits per heavy atom. The van der Waals surface area contributed by atoms with Crippen molar-refractivity contribution in [2.45, 2.75) is 141 Å². The van der Waals surface area contributed by atoms with E-state index in [1.54, 1.807) is 30.4 Å². The number of Topliss-reactive ketones (excluding diaryl/α,β-unsaturated/α-hetero) is 1. The number of rotatable bonds is 8. The van der Waals surface area contributed by atoms with Crippen LogP contribution in [-0.2, 0) is 39.7 Å². The Morgan fingerprint density at radius 1 is 1.13 bits per heavy atom. The molecule has 5 heterocycles. The molecule has 15 heteroatoms. The number of cyclic esters (lactones) is 1. The smallest absolute Gasteiger partial charge is 0.410 e. The molecule has 0 saturated carbocycles. The third kappa shape index (κ3) is 7.71. The van der Waals surface area contributed by atoms with Crippen molar-refractivity contribution < 1.29 is 43.2 Å². The van der Waals surface area contributed by atoms with E-state index in [2.05, 4.69) is 35.1 Å². The maximum atomic E-state index is 14.3. The summed E-state index contributed by atoms with van der Waals surface area (Å²) in [5.41, 5.74) is -0.197. The Kier molecular flexibility index (Phi) is 12.3. The molecule has 290 valence electrons. The fraction of sp³-hybridized carbons (Fsp3) is 0.811. The number of nitrogens with zero attached hydrogens (tertiary/aromatic N) is 5. The predicted octanol–water partition coefficient (Wildman–Crippen LogP) is 2.55. The molecule has 5 rings (SSSR count). The Labute approximate surface area is 309 Å². The van der Waals surface area contributed by atoms with Crippen molar-refractivity contribution in [1.82, 2.24) is 24.7 Å². The summed E-state index contributed by atoms with van der Waals surface area (Å²) in [4.78, 5) is 45.3. The van der Waals surface area contributed by atoms with Gasteiger partial charge in [-0.3, -0.25) is 9.59 Å². The fourth-order valence-corrected chi connectivity index (χ4v) is 9.40. The van der Waals surface area contributed by atoms with Crippen LogP contribution in [0, 0.1) is 23.7 Å². The maximum Gasteiger partial charge on any atom is 0.410 e. The summed E-state index contributed by atoms with van der Waals surface area (Å²) >= 11 is 0. The molecule has 4 aliphatic heterocycles. The van der Waals surface area contributed by atoms with Gasteiger partial charge in [-0.2, -0.15) is 0 Å². The lowest BCUT2D eigenvalue weighted by Crippen LogP contribution is -2.60. The third-order valence-corrected chi connectivity index (χ3v) is 12.3. The molecule has 14 nitrogen and oxygen atoms in total. The second-order valence-electron chi connectivity index (χ2n) is 16.1. The number of ketones is 1. The van der Waals surface area contributed by atoms with E-state index in [9.17, 15) is 19.5 Å².